The van der Waals surface area contributed by atoms with E-state index < -0.39 is 10.0 Å². The first-order valence-electron chi connectivity index (χ1n) is 12.7. The number of nitrogens with one attached hydrogen (secondary N) is 1. The summed E-state index contributed by atoms with van der Waals surface area (Å²) in [6, 6.07) is 27.2. The van der Waals surface area contributed by atoms with E-state index in [0.29, 0.717) is 37.7 Å². The minimum Gasteiger partial charge on any atom is -0.336 e. The third-order valence-electron chi connectivity index (χ3n) is 7.39. The first kappa shape index (κ1) is 24.7. The summed E-state index contributed by atoms with van der Waals surface area (Å²) < 4.78 is 29.1. The van der Waals surface area contributed by atoms with Gasteiger partial charge in [0.2, 0.25) is 10.0 Å². The molecule has 0 radical (unpaired) electrons. The third-order valence-corrected chi connectivity index (χ3v) is 8.85. The smallest absolute Gasteiger partial charge is 0.253 e. The average molecular weight is 504 g/mol. The van der Waals surface area contributed by atoms with Crippen LogP contribution in [0.2, 0.25) is 0 Å². The highest BCUT2D eigenvalue weighted by Gasteiger charge is 2.33. The summed E-state index contributed by atoms with van der Waals surface area (Å²) in [5.74, 6) is -0.0101. The van der Waals surface area contributed by atoms with Gasteiger partial charge in [0.1, 0.15) is 0 Å². The molecule has 0 unspecified atom stereocenters. The van der Waals surface area contributed by atoms with Crippen LogP contribution >= 0.6 is 0 Å². The Morgan fingerprint density at radius 1 is 0.889 bits per heavy atom. The van der Waals surface area contributed by atoms with Crippen molar-refractivity contribution in [2.75, 3.05) is 32.7 Å². The van der Waals surface area contributed by atoms with Crippen molar-refractivity contribution in [3.8, 4) is 0 Å². The second-order valence-electron chi connectivity index (χ2n) is 9.67. The Balaban J connectivity index is 1.26. The van der Waals surface area contributed by atoms with E-state index in [9.17, 15) is 13.2 Å². The molecule has 0 aromatic heterocycles. The number of carbonyl (C=O) groups is 1. The summed E-state index contributed by atoms with van der Waals surface area (Å²) in [5, 5.41) is 0. The van der Waals surface area contributed by atoms with Crippen LogP contribution in [0.5, 0.6) is 0 Å². The molecular weight excluding hydrogens is 470 g/mol. The van der Waals surface area contributed by atoms with Gasteiger partial charge in [0, 0.05) is 43.7 Å². The van der Waals surface area contributed by atoms with Gasteiger partial charge in [-0.25, -0.2) is 13.1 Å². The first-order valence-corrected chi connectivity index (χ1v) is 14.2. The van der Waals surface area contributed by atoms with Gasteiger partial charge in [0.25, 0.3) is 5.91 Å². The van der Waals surface area contributed by atoms with E-state index in [2.05, 4.69) is 33.9 Å². The third kappa shape index (κ3) is 5.53. The number of carbonyl (C=O) groups excluding carboxylic acids is 1. The molecule has 2 saturated heterocycles. The number of nitrogens with zero attached hydrogens (tertiary/aromatic N) is 2. The minimum atomic E-state index is -3.75. The van der Waals surface area contributed by atoms with Gasteiger partial charge in [-0.2, -0.15) is 0 Å². The molecule has 2 heterocycles. The van der Waals surface area contributed by atoms with Gasteiger partial charge >= 0.3 is 0 Å². The fourth-order valence-corrected chi connectivity index (χ4v) is 6.56. The molecule has 188 valence electrons. The summed E-state index contributed by atoms with van der Waals surface area (Å²) in [6.45, 7) is 3.69. The molecule has 0 bridgehead atoms. The number of amides is 1. The van der Waals surface area contributed by atoms with E-state index in [4.69, 9.17) is 0 Å². The van der Waals surface area contributed by atoms with Gasteiger partial charge in [-0.15, -0.1) is 0 Å². The van der Waals surface area contributed by atoms with Crippen LogP contribution in [-0.2, 0) is 10.0 Å². The monoisotopic (exact) mass is 503 g/mol. The number of fused-ring (bicyclic) bond motifs is 1. The summed E-state index contributed by atoms with van der Waals surface area (Å²) in [4.78, 5) is 17.6. The quantitative estimate of drug-likeness (QED) is 0.502. The highest BCUT2D eigenvalue weighted by atomic mass is 32.2. The van der Waals surface area contributed by atoms with Crippen LogP contribution in [0.3, 0.4) is 0 Å². The molecule has 3 aromatic carbocycles. The maximum atomic E-state index is 13.2. The number of sulfonamides is 1. The summed E-state index contributed by atoms with van der Waals surface area (Å²) in [7, 11) is -3.75. The van der Waals surface area contributed by atoms with Crippen LogP contribution in [0.4, 0.5) is 0 Å². The molecule has 3 aromatic rings. The predicted octanol–water partition coefficient (Wildman–Crippen LogP) is 4.11. The van der Waals surface area contributed by atoms with Crippen LogP contribution in [-0.4, -0.2) is 62.9 Å². The SMILES string of the molecule is O=C(c1cccc(S(=O)(=O)NCCC(c2ccccc2)c2ccccc2)c1)N1CCN2CCC[C@H]2C1. The van der Waals surface area contributed by atoms with Crippen molar-refractivity contribution in [2.24, 2.45) is 0 Å². The minimum absolute atomic E-state index is 0.0808. The van der Waals surface area contributed by atoms with Crippen LogP contribution < -0.4 is 4.72 Å². The Kier molecular flexibility index (Phi) is 7.51. The van der Waals surface area contributed by atoms with Gasteiger partial charge in [0.05, 0.1) is 4.90 Å². The Bertz CT molecular complexity index is 1240. The molecule has 7 heteroatoms. The predicted molar refractivity (Wildman–Crippen MR) is 141 cm³/mol. The lowest BCUT2D eigenvalue weighted by atomic mass is 9.89. The van der Waals surface area contributed by atoms with Crippen LogP contribution in [0, 0.1) is 0 Å². The molecule has 1 atom stereocenters. The van der Waals surface area contributed by atoms with Gasteiger partial charge in [-0.05, 0) is 55.1 Å². The molecular formula is C29H33N3O3S. The van der Waals surface area contributed by atoms with Crippen molar-refractivity contribution in [3.63, 3.8) is 0 Å². The largest absolute Gasteiger partial charge is 0.336 e. The Morgan fingerprint density at radius 2 is 1.58 bits per heavy atom. The molecule has 5 rings (SSSR count). The van der Waals surface area contributed by atoms with Crippen LogP contribution in [0.1, 0.15) is 46.7 Å². The lowest BCUT2D eigenvalue weighted by Gasteiger charge is -2.37. The summed E-state index contributed by atoms with van der Waals surface area (Å²) in [5.41, 5.74) is 2.73. The van der Waals surface area contributed by atoms with Gasteiger partial charge in [0.15, 0.2) is 0 Å². The van der Waals surface area contributed by atoms with E-state index in [-0.39, 0.29) is 16.7 Å². The van der Waals surface area contributed by atoms with Crippen LogP contribution in [0.15, 0.2) is 89.8 Å². The number of rotatable bonds is 8. The van der Waals surface area contributed by atoms with E-state index in [1.807, 2.05) is 41.3 Å². The highest BCUT2D eigenvalue weighted by molar-refractivity contribution is 7.89. The highest BCUT2D eigenvalue weighted by Crippen LogP contribution is 2.28. The van der Waals surface area contributed by atoms with Crippen molar-refractivity contribution in [2.45, 2.75) is 36.1 Å². The van der Waals surface area contributed by atoms with E-state index in [1.165, 1.54) is 12.5 Å². The lowest BCUT2D eigenvalue weighted by Crippen LogP contribution is -2.52. The molecule has 6 nitrogen and oxygen atoms in total. The van der Waals surface area contributed by atoms with Crippen molar-refractivity contribution < 1.29 is 13.2 Å². The van der Waals surface area contributed by atoms with Gasteiger partial charge < -0.3 is 4.90 Å². The lowest BCUT2D eigenvalue weighted by molar-refractivity contribution is 0.0571. The molecule has 0 saturated carbocycles. The topological polar surface area (TPSA) is 69.7 Å². The van der Waals surface area contributed by atoms with Gasteiger partial charge in [-0.3, -0.25) is 9.69 Å². The molecule has 2 fully saturated rings. The van der Waals surface area contributed by atoms with E-state index in [1.54, 1.807) is 18.2 Å². The molecule has 0 aliphatic carbocycles. The number of hydrogen-bond acceptors (Lipinski definition) is 4. The average Bonchev–Trinajstić information content (AvgIpc) is 3.40. The standard InChI is InChI=1S/C29H33N3O3S/c33-29(32-20-19-31-18-8-14-26(31)22-32)25-13-7-15-27(21-25)36(34,35)30-17-16-28(23-9-3-1-4-10-23)24-11-5-2-6-12-24/h1-7,9-13,15,21,26,28,30H,8,14,16-20,22H2/t26-/m0/s1. The number of benzene rings is 3. The Morgan fingerprint density at radius 3 is 2.28 bits per heavy atom. The zero-order valence-corrected chi connectivity index (χ0v) is 21.2. The molecule has 0 spiro atoms. The summed E-state index contributed by atoms with van der Waals surface area (Å²) in [6.07, 6.45) is 2.92. The molecule has 1 amide bonds. The number of piperazine rings is 1. The summed E-state index contributed by atoms with van der Waals surface area (Å²) >= 11 is 0. The Hall–Kier alpha value is -3.00. The van der Waals surface area contributed by atoms with Crippen LogP contribution in [0.25, 0.3) is 0 Å². The molecule has 2 aliphatic heterocycles. The zero-order chi connectivity index (χ0) is 25.0. The van der Waals surface area contributed by atoms with Crippen molar-refractivity contribution >= 4 is 15.9 Å². The second kappa shape index (κ2) is 10.9. The number of hydrogen-bond donors (Lipinski definition) is 1. The maximum absolute atomic E-state index is 13.2. The molecule has 36 heavy (non-hydrogen) atoms. The van der Waals surface area contributed by atoms with E-state index in [0.717, 1.165) is 30.6 Å². The van der Waals surface area contributed by atoms with Crippen molar-refractivity contribution in [1.29, 1.82) is 0 Å². The normalized spacial score (nSPS) is 18.4. The Labute approximate surface area is 214 Å². The molecule has 2 aliphatic rings. The van der Waals surface area contributed by atoms with Gasteiger partial charge in [-0.1, -0.05) is 66.7 Å². The zero-order valence-electron chi connectivity index (χ0n) is 20.4. The fraction of sp³-hybridized carbons (Fsp3) is 0.345. The van der Waals surface area contributed by atoms with E-state index >= 15 is 0 Å². The first-order chi connectivity index (χ1) is 17.5. The van der Waals surface area contributed by atoms with Crippen molar-refractivity contribution in [3.05, 3.63) is 102 Å². The molecule has 1 N–H and O–H groups in total. The maximum Gasteiger partial charge on any atom is 0.253 e. The second-order valence-corrected chi connectivity index (χ2v) is 11.4. The van der Waals surface area contributed by atoms with Crippen molar-refractivity contribution in [1.82, 2.24) is 14.5 Å². The fourth-order valence-electron chi connectivity index (χ4n) is 5.47.